The maximum atomic E-state index is 13.7. The largest absolute Gasteiger partial charge is 0.303 e. The summed E-state index contributed by atoms with van der Waals surface area (Å²) in [4.78, 5) is 2.78. The Bertz CT molecular complexity index is 1130. The fraction of sp³-hybridized carbons (Fsp3) is 0.333. The molecule has 182 valence electrons. The van der Waals surface area contributed by atoms with Gasteiger partial charge in [0.15, 0.2) is 0 Å². The van der Waals surface area contributed by atoms with Crippen LogP contribution in [0.25, 0.3) is 0 Å². The monoisotopic (exact) mass is 518 g/mol. The molecule has 4 nitrogen and oxygen atoms in total. The molecular weight excluding hydrogens is 487 g/mol. The number of hydrogen-bond donors (Lipinski definition) is 0. The van der Waals surface area contributed by atoms with Crippen molar-refractivity contribution in [3.63, 3.8) is 0 Å². The lowest BCUT2D eigenvalue weighted by molar-refractivity contribution is 0.226. The van der Waals surface area contributed by atoms with Crippen LogP contribution in [0.2, 0.25) is 5.02 Å². The molecule has 0 unspecified atom stereocenters. The Kier molecular flexibility index (Phi) is 9.84. The van der Waals surface area contributed by atoms with Crippen molar-refractivity contribution < 1.29 is 8.42 Å². The predicted molar refractivity (Wildman–Crippen MR) is 144 cm³/mol. The summed E-state index contributed by atoms with van der Waals surface area (Å²) in [6.07, 6.45) is 5.95. The third kappa shape index (κ3) is 6.76. The van der Waals surface area contributed by atoms with Crippen molar-refractivity contribution >= 4 is 39.7 Å². The minimum Gasteiger partial charge on any atom is -0.303 e. The zero-order valence-electron chi connectivity index (χ0n) is 19.3. The lowest BCUT2D eigenvalue weighted by Gasteiger charge is -2.27. The van der Waals surface area contributed by atoms with Gasteiger partial charge in [-0.15, -0.1) is 12.4 Å². The van der Waals surface area contributed by atoms with Crippen molar-refractivity contribution in [2.45, 2.75) is 43.5 Å². The summed E-state index contributed by atoms with van der Waals surface area (Å²) in [5.41, 5.74) is 2.90. The zero-order chi connectivity index (χ0) is 23.1. The molecule has 0 N–H and O–H groups in total. The Balaban J connectivity index is 0.00000324. The van der Waals surface area contributed by atoms with E-state index in [4.69, 9.17) is 11.6 Å². The first-order valence-electron chi connectivity index (χ1n) is 11.7. The van der Waals surface area contributed by atoms with Gasteiger partial charge in [0.1, 0.15) is 0 Å². The molecule has 1 aliphatic heterocycles. The van der Waals surface area contributed by atoms with Gasteiger partial charge in [0, 0.05) is 5.02 Å². The van der Waals surface area contributed by atoms with Gasteiger partial charge in [0.05, 0.1) is 17.1 Å². The number of benzene rings is 3. The second-order valence-electron chi connectivity index (χ2n) is 8.58. The summed E-state index contributed by atoms with van der Waals surface area (Å²) in [6.45, 7) is 3.78. The van der Waals surface area contributed by atoms with Crippen molar-refractivity contribution in [3.05, 3.63) is 95.0 Å². The molecule has 0 bridgehead atoms. The Hall–Kier alpha value is -2.05. The normalized spacial score (nSPS) is 14.4. The van der Waals surface area contributed by atoms with Crippen molar-refractivity contribution in [1.29, 1.82) is 0 Å². The van der Waals surface area contributed by atoms with E-state index in [9.17, 15) is 8.42 Å². The number of anilines is 1. The molecule has 3 aromatic carbocycles. The average molecular weight is 520 g/mol. The summed E-state index contributed by atoms with van der Waals surface area (Å²) in [7, 11) is -3.76. The lowest BCUT2D eigenvalue weighted by Crippen LogP contribution is -2.31. The fourth-order valence-corrected chi connectivity index (χ4v) is 6.00. The molecule has 0 spiro atoms. The van der Waals surface area contributed by atoms with Gasteiger partial charge < -0.3 is 4.90 Å². The van der Waals surface area contributed by atoms with Crippen LogP contribution in [0.5, 0.6) is 0 Å². The maximum absolute atomic E-state index is 13.7. The Morgan fingerprint density at radius 3 is 2.09 bits per heavy atom. The molecule has 0 amide bonds. The first-order chi connectivity index (χ1) is 16.0. The van der Waals surface area contributed by atoms with Crippen molar-refractivity contribution in [3.8, 4) is 0 Å². The standard InChI is InChI=1S/C27H31ClN2O2S.ClH/c28-25-15-17-27(18-16-25)33(31,32)30(26-13-3-1-4-14-26)22-24-11-6-5-10-23(24)12-9-21-29-19-7-2-8-20-29;/h1,3-6,10-11,13-18H,2,7-9,12,19-22H2;1H. The van der Waals surface area contributed by atoms with E-state index in [1.807, 2.05) is 48.5 Å². The minimum atomic E-state index is -3.76. The highest BCUT2D eigenvalue weighted by Gasteiger charge is 2.26. The van der Waals surface area contributed by atoms with Crippen LogP contribution in [0.1, 0.15) is 36.8 Å². The van der Waals surface area contributed by atoms with Gasteiger partial charge in [0.2, 0.25) is 0 Å². The third-order valence-electron chi connectivity index (χ3n) is 6.25. The van der Waals surface area contributed by atoms with Crippen molar-refractivity contribution in [2.75, 3.05) is 23.9 Å². The molecule has 1 fully saturated rings. The number of nitrogens with zero attached hydrogens (tertiary/aromatic N) is 2. The summed E-state index contributed by atoms with van der Waals surface area (Å²) in [5, 5.41) is 0.513. The molecule has 0 aromatic heterocycles. The molecule has 0 atom stereocenters. The highest BCUT2D eigenvalue weighted by molar-refractivity contribution is 7.92. The Morgan fingerprint density at radius 1 is 0.794 bits per heavy atom. The number of rotatable bonds is 9. The van der Waals surface area contributed by atoms with E-state index in [1.54, 1.807) is 24.3 Å². The second-order valence-corrected chi connectivity index (χ2v) is 10.9. The molecule has 0 aliphatic carbocycles. The van der Waals surface area contributed by atoms with E-state index in [-0.39, 0.29) is 23.8 Å². The summed E-state index contributed by atoms with van der Waals surface area (Å²) in [5.74, 6) is 0. The number of likely N-dealkylation sites (tertiary alicyclic amines) is 1. The first kappa shape index (κ1) is 26.6. The molecular formula is C27H32Cl2N2O2S. The smallest absolute Gasteiger partial charge is 0.264 e. The van der Waals surface area contributed by atoms with Gasteiger partial charge in [-0.3, -0.25) is 4.31 Å². The molecule has 3 aromatic rings. The predicted octanol–water partition coefficient (Wildman–Crippen LogP) is 6.58. The fourth-order valence-electron chi connectivity index (χ4n) is 4.43. The number of sulfonamides is 1. The van der Waals surface area contributed by atoms with E-state index in [0.717, 1.165) is 24.9 Å². The molecule has 0 radical (unpaired) electrons. The second kappa shape index (κ2) is 12.6. The van der Waals surface area contributed by atoms with Crippen LogP contribution in [0.15, 0.2) is 83.8 Å². The van der Waals surface area contributed by atoms with Crippen LogP contribution in [0.4, 0.5) is 5.69 Å². The SMILES string of the molecule is Cl.O=S(=O)(c1ccc(Cl)cc1)N(Cc1ccccc1CCCN1CCCCC1)c1ccccc1. The number of hydrogen-bond acceptors (Lipinski definition) is 3. The van der Waals surface area contributed by atoms with Crippen LogP contribution >= 0.6 is 24.0 Å². The topological polar surface area (TPSA) is 40.6 Å². The van der Waals surface area contributed by atoms with Gasteiger partial charge in [-0.1, -0.05) is 60.5 Å². The van der Waals surface area contributed by atoms with Crippen LogP contribution in [0.3, 0.4) is 0 Å². The maximum Gasteiger partial charge on any atom is 0.264 e. The molecule has 7 heteroatoms. The third-order valence-corrected chi connectivity index (χ3v) is 8.29. The molecule has 1 heterocycles. The summed E-state index contributed by atoms with van der Waals surface area (Å²) < 4.78 is 28.8. The minimum absolute atomic E-state index is 0. The quantitative estimate of drug-likeness (QED) is 0.321. The molecule has 34 heavy (non-hydrogen) atoms. The van der Waals surface area contributed by atoms with E-state index >= 15 is 0 Å². The van der Waals surface area contributed by atoms with E-state index in [0.29, 0.717) is 10.7 Å². The van der Waals surface area contributed by atoms with Crippen LogP contribution in [-0.2, 0) is 23.0 Å². The van der Waals surface area contributed by atoms with Gasteiger partial charge >= 0.3 is 0 Å². The first-order valence-corrected chi connectivity index (χ1v) is 13.5. The summed E-state index contributed by atoms with van der Waals surface area (Å²) in [6, 6.07) is 23.9. The molecule has 4 rings (SSSR count). The van der Waals surface area contributed by atoms with E-state index < -0.39 is 10.0 Å². The highest BCUT2D eigenvalue weighted by atomic mass is 35.5. The van der Waals surface area contributed by atoms with E-state index in [2.05, 4.69) is 11.0 Å². The Morgan fingerprint density at radius 2 is 1.41 bits per heavy atom. The summed E-state index contributed by atoms with van der Waals surface area (Å²) >= 11 is 6.00. The van der Waals surface area contributed by atoms with Gasteiger partial charge in [-0.2, -0.15) is 0 Å². The molecule has 1 saturated heterocycles. The van der Waals surface area contributed by atoms with Crippen LogP contribution in [-0.4, -0.2) is 33.0 Å². The number of para-hydroxylation sites is 1. The van der Waals surface area contributed by atoms with Crippen LogP contribution < -0.4 is 4.31 Å². The van der Waals surface area contributed by atoms with Crippen molar-refractivity contribution in [2.24, 2.45) is 0 Å². The molecule has 1 aliphatic rings. The van der Waals surface area contributed by atoms with Gasteiger partial charge in [-0.25, -0.2) is 8.42 Å². The Labute approximate surface area is 215 Å². The lowest BCUT2D eigenvalue weighted by atomic mass is 10.0. The average Bonchev–Trinajstić information content (AvgIpc) is 2.85. The van der Waals surface area contributed by atoms with Crippen molar-refractivity contribution in [1.82, 2.24) is 4.90 Å². The molecule has 0 saturated carbocycles. The van der Waals surface area contributed by atoms with Crippen LogP contribution in [0, 0.1) is 0 Å². The zero-order valence-corrected chi connectivity index (χ0v) is 21.7. The number of piperidine rings is 1. The van der Waals surface area contributed by atoms with Gasteiger partial charge in [-0.05, 0) is 92.8 Å². The number of halogens is 2. The highest BCUT2D eigenvalue weighted by Crippen LogP contribution is 2.28. The van der Waals surface area contributed by atoms with E-state index in [1.165, 1.54) is 42.2 Å². The van der Waals surface area contributed by atoms with Gasteiger partial charge in [0.25, 0.3) is 10.0 Å². The number of aryl methyl sites for hydroxylation is 1.